The van der Waals surface area contributed by atoms with Crippen LogP contribution >= 0.6 is 0 Å². The maximum atomic E-state index is 12.8. The van der Waals surface area contributed by atoms with Crippen molar-refractivity contribution in [3.8, 4) is 0 Å². The zero-order valence-electron chi connectivity index (χ0n) is 39.6. The average Bonchev–Trinajstić information content (AvgIpc) is 3.21. The number of likely N-dealkylation sites (N-methyl/N-ethyl adjacent to an activating group) is 1. The van der Waals surface area contributed by atoms with Crippen LogP contribution in [0.2, 0.25) is 0 Å². The second kappa shape index (κ2) is 43.0. The van der Waals surface area contributed by atoms with Crippen LogP contribution in [0.15, 0.2) is 48.6 Å². The van der Waals surface area contributed by atoms with Gasteiger partial charge in [-0.1, -0.05) is 172 Å². The Morgan fingerprint density at radius 2 is 0.933 bits per heavy atom. The van der Waals surface area contributed by atoms with Crippen molar-refractivity contribution in [3.05, 3.63) is 48.6 Å². The van der Waals surface area contributed by atoms with E-state index in [2.05, 4.69) is 62.5 Å². The zero-order valence-corrected chi connectivity index (χ0v) is 39.6. The van der Waals surface area contributed by atoms with Gasteiger partial charge < -0.3 is 28.6 Å². The molecule has 0 aromatic rings. The van der Waals surface area contributed by atoms with Gasteiger partial charge in [-0.15, -0.1) is 0 Å². The Bertz CT molecular complexity index is 1120. The number of esters is 2. The van der Waals surface area contributed by atoms with Crippen molar-refractivity contribution in [2.75, 3.05) is 41.0 Å². The van der Waals surface area contributed by atoms with Crippen molar-refractivity contribution in [3.63, 3.8) is 0 Å². The van der Waals surface area contributed by atoms with E-state index in [-0.39, 0.29) is 42.7 Å². The van der Waals surface area contributed by atoms with Gasteiger partial charge in [0.25, 0.3) is 0 Å². The highest BCUT2D eigenvalue weighted by Crippen LogP contribution is 2.15. The van der Waals surface area contributed by atoms with Crippen LogP contribution in [0.1, 0.15) is 213 Å². The maximum Gasteiger partial charge on any atom is 0.306 e. The Morgan fingerprint density at radius 1 is 0.517 bits per heavy atom. The van der Waals surface area contributed by atoms with Gasteiger partial charge in [0.05, 0.1) is 40.3 Å². The lowest BCUT2D eigenvalue weighted by Gasteiger charge is -2.34. The zero-order chi connectivity index (χ0) is 44.2. The van der Waals surface area contributed by atoms with Gasteiger partial charge in [0, 0.05) is 19.3 Å². The third kappa shape index (κ3) is 40.7. The topological polar surface area (TPSA) is 102 Å². The Morgan fingerprint density at radius 3 is 1.40 bits per heavy atom. The number of hydrogen-bond donors (Lipinski definition) is 0. The van der Waals surface area contributed by atoms with Gasteiger partial charge in [0.1, 0.15) is 12.6 Å². The van der Waals surface area contributed by atoms with Crippen molar-refractivity contribution >= 4 is 17.9 Å². The van der Waals surface area contributed by atoms with Gasteiger partial charge >= 0.3 is 11.9 Å². The van der Waals surface area contributed by atoms with Crippen molar-refractivity contribution in [1.29, 1.82) is 0 Å². The molecule has 0 rings (SSSR count). The number of carbonyl (C=O) groups is 3. The first-order valence-corrected chi connectivity index (χ1v) is 24.7. The van der Waals surface area contributed by atoms with Gasteiger partial charge in [0.2, 0.25) is 0 Å². The Balaban J connectivity index is 4.26. The van der Waals surface area contributed by atoms with Crippen LogP contribution in [0.4, 0.5) is 0 Å². The minimum atomic E-state index is -1.13. The number of quaternary nitrogens is 1. The van der Waals surface area contributed by atoms with E-state index in [1.54, 1.807) is 21.1 Å². The molecule has 2 atom stereocenters. The minimum absolute atomic E-state index is 0.0314. The third-order valence-electron chi connectivity index (χ3n) is 10.9. The van der Waals surface area contributed by atoms with Crippen LogP contribution < -0.4 is 5.11 Å². The summed E-state index contributed by atoms with van der Waals surface area (Å²) in [6, 6.07) is -0.731. The molecule has 0 aromatic heterocycles. The molecule has 348 valence electrons. The standard InChI is InChI=1S/C52H93NO7/c1-6-8-10-12-14-16-18-20-22-23-24-25-26-27-28-29-31-33-35-37-39-41-43-51(55)60-48(46-58-45-44-49(52(56)57)53(3,4)5)47-59-50(54)42-40-38-36-34-32-30-21-19-17-15-13-11-9-7-2/h9,11,15,17,21,26-27,30,48-49H,6-8,10,12-14,16,18-20,22-25,28-29,31-47H2,1-5H3/b11-9+,17-15+,27-26+,30-21+. The highest BCUT2D eigenvalue weighted by molar-refractivity contribution is 5.70. The molecule has 0 bridgehead atoms. The molecule has 0 aliphatic carbocycles. The lowest BCUT2D eigenvalue weighted by atomic mass is 10.0. The first kappa shape index (κ1) is 57.3. The van der Waals surface area contributed by atoms with E-state index in [1.807, 2.05) is 0 Å². The van der Waals surface area contributed by atoms with Crippen LogP contribution in [0.5, 0.6) is 0 Å². The number of unbranched alkanes of at least 4 members (excludes halogenated alkanes) is 22. The van der Waals surface area contributed by atoms with Gasteiger partial charge in [-0.05, 0) is 70.6 Å². The molecule has 0 heterocycles. The fourth-order valence-electron chi connectivity index (χ4n) is 7.14. The number of carbonyl (C=O) groups excluding carboxylic acids is 3. The van der Waals surface area contributed by atoms with E-state index >= 15 is 0 Å². The normalized spacial score (nSPS) is 13.3. The summed E-state index contributed by atoms with van der Waals surface area (Å²) in [5, 5.41) is 11.6. The van der Waals surface area contributed by atoms with Gasteiger partial charge in [0.15, 0.2) is 6.10 Å². The first-order valence-electron chi connectivity index (χ1n) is 24.7. The molecule has 8 heteroatoms. The summed E-state index contributed by atoms with van der Waals surface area (Å²) in [5.74, 6) is -1.77. The summed E-state index contributed by atoms with van der Waals surface area (Å²) < 4.78 is 17.2. The van der Waals surface area contributed by atoms with Crippen LogP contribution in [-0.4, -0.2) is 75.5 Å². The van der Waals surface area contributed by atoms with Crippen molar-refractivity contribution < 1.29 is 38.2 Å². The molecule has 0 spiro atoms. The van der Waals surface area contributed by atoms with Crippen molar-refractivity contribution in [1.82, 2.24) is 0 Å². The summed E-state index contributed by atoms with van der Waals surface area (Å²) in [6.07, 6.45) is 51.5. The Labute approximate surface area is 369 Å². The van der Waals surface area contributed by atoms with E-state index < -0.39 is 18.1 Å². The molecule has 60 heavy (non-hydrogen) atoms. The quantitative estimate of drug-likeness (QED) is 0.0260. The van der Waals surface area contributed by atoms with Gasteiger partial charge in [-0.25, -0.2) is 0 Å². The fourth-order valence-corrected chi connectivity index (χ4v) is 7.14. The smallest absolute Gasteiger partial charge is 0.306 e. The second-order valence-electron chi connectivity index (χ2n) is 17.7. The van der Waals surface area contributed by atoms with E-state index in [0.717, 1.165) is 70.6 Å². The van der Waals surface area contributed by atoms with E-state index in [9.17, 15) is 19.5 Å². The molecule has 0 saturated heterocycles. The molecule has 2 unspecified atom stereocenters. The van der Waals surface area contributed by atoms with Crippen LogP contribution in [0.25, 0.3) is 0 Å². The molecule has 0 fully saturated rings. The van der Waals surface area contributed by atoms with Gasteiger partial charge in [-0.2, -0.15) is 0 Å². The molecule has 0 amide bonds. The lowest BCUT2D eigenvalue weighted by Crippen LogP contribution is -2.55. The van der Waals surface area contributed by atoms with E-state index in [1.165, 1.54) is 109 Å². The predicted molar refractivity (Wildman–Crippen MR) is 250 cm³/mol. The monoisotopic (exact) mass is 844 g/mol. The molecule has 0 radical (unpaired) electrons. The van der Waals surface area contributed by atoms with Crippen molar-refractivity contribution in [2.24, 2.45) is 0 Å². The SMILES string of the molecule is CC/C=C/C/C=C/C/C=C/CCCCCCC(=O)OCC(COCCC(C(=O)[O-])[N+](C)(C)C)OC(=O)CCCCCCCCC/C=C/CCCCCCCCCCCCC. The third-order valence-corrected chi connectivity index (χ3v) is 10.9. The highest BCUT2D eigenvalue weighted by Gasteiger charge is 2.25. The molecular weight excluding hydrogens is 751 g/mol. The molecule has 0 aliphatic heterocycles. The Hall–Kier alpha value is -2.71. The highest BCUT2D eigenvalue weighted by atomic mass is 16.6. The first-order chi connectivity index (χ1) is 29.1. The fraction of sp³-hybridized carbons (Fsp3) is 0.788. The summed E-state index contributed by atoms with van der Waals surface area (Å²) in [7, 11) is 5.40. The minimum Gasteiger partial charge on any atom is -0.544 e. The summed E-state index contributed by atoms with van der Waals surface area (Å²) >= 11 is 0. The van der Waals surface area contributed by atoms with Gasteiger partial charge in [-0.3, -0.25) is 9.59 Å². The second-order valence-corrected chi connectivity index (χ2v) is 17.7. The molecule has 0 N–H and O–H groups in total. The lowest BCUT2D eigenvalue weighted by molar-refractivity contribution is -0.889. The molecule has 8 nitrogen and oxygen atoms in total. The van der Waals surface area contributed by atoms with Crippen LogP contribution in [0.3, 0.4) is 0 Å². The molecular formula is C52H93NO7. The number of aliphatic carboxylic acids is 1. The average molecular weight is 844 g/mol. The number of allylic oxidation sites excluding steroid dienone is 8. The number of carboxylic acids is 1. The number of ether oxygens (including phenoxy) is 3. The van der Waals surface area contributed by atoms with E-state index in [0.29, 0.717) is 12.8 Å². The largest absolute Gasteiger partial charge is 0.544 e. The van der Waals surface area contributed by atoms with Crippen LogP contribution in [0, 0.1) is 0 Å². The number of hydrogen-bond acceptors (Lipinski definition) is 7. The molecule has 0 aliphatic rings. The number of carboxylic acid groups (broad SMARTS) is 1. The Kier molecular flexibility index (Phi) is 41.0. The summed E-state index contributed by atoms with van der Waals surface area (Å²) in [5.41, 5.74) is 0. The van der Waals surface area contributed by atoms with Crippen molar-refractivity contribution in [2.45, 2.75) is 225 Å². The number of rotatable bonds is 44. The summed E-state index contributed by atoms with van der Waals surface area (Å²) in [4.78, 5) is 36.9. The molecule has 0 aromatic carbocycles. The van der Waals surface area contributed by atoms with E-state index in [4.69, 9.17) is 14.2 Å². The van der Waals surface area contributed by atoms with Crippen LogP contribution in [-0.2, 0) is 28.6 Å². The number of nitrogens with zero attached hydrogens (tertiary/aromatic N) is 1. The predicted octanol–water partition coefficient (Wildman–Crippen LogP) is 12.6. The summed E-state index contributed by atoms with van der Waals surface area (Å²) in [6.45, 7) is 4.54. The maximum absolute atomic E-state index is 12.8. The molecule has 0 saturated carbocycles.